The summed E-state index contributed by atoms with van der Waals surface area (Å²) in [6, 6.07) is 9.52. The minimum Gasteiger partial charge on any atom is -0.495 e. The van der Waals surface area contributed by atoms with Gasteiger partial charge in [-0.1, -0.05) is 29.3 Å². The molecule has 3 nitrogen and oxygen atoms in total. The summed E-state index contributed by atoms with van der Waals surface area (Å²) in [4.78, 5) is 6.75. The van der Waals surface area contributed by atoms with Gasteiger partial charge < -0.3 is 9.64 Å². The van der Waals surface area contributed by atoms with E-state index in [2.05, 4.69) is 49.9 Å². The van der Waals surface area contributed by atoms with E-state index in [-0.39, 0.29) is 5.54 Å². The van der Waals surface area contributed by atoms with Crippen molar-refractivity contribution in [1.82, 2.24) is 0 Å². The molecule has 2 aromatic rings. The number of methoxy groups -OCH3 is 1. The zero-order chi connectivity index (χ0) is 19.1. The Morgan fingerprint density at radius 2 is 1.85 bits per heavy atom. The first-order valence-corrected chi connectivity index (χ1v) is 9.13. The zero-order valence-corrected chi connectivity index (χ0v) is 17.1. The number of hydrogen-bond acceptors (Lipinski definition) is 3. The van der Waals surface area contributed by atoms with E-state index in [1.54, 1.807) is 25.5 Å². The third kappa shape index (κ3) is 3.46. The highest BCUT2D eigenvalue weighted by atomic mass is 35.5. The van der Waals surface area contributed by atoms with Crippen molar-refractivity contribution in [3.63, 3.8) is 0 Å². The Labute approximate surface area is 164 Å². The van der Waals surface area contributed by atoms with E-state index >= 15 is 0 Å². The summed E-state index contributed by atoms with van der Waals surface area (Å²) < 4.78 is 5.17. The average Bonchev–Trinajstić information content (AvgIpc) is 2.58. The maximum absolute atomic E-state index is 6.53. The number of nitrogens with zero attached hydrogens (tertiary/aromatic N) is 2. The summed E-state index contributed by atoms with van der Waals surface area (Å²) in [7, 11) is 3.68. The lowest BCUT2D eigenvalue weighted by molar-refractivity contribution is 0.415. The Balaban J connectivity index is 1.98. The van der Waals surface area contributed by atoms with Gasteiger partial charge in [0.1, 0.15) is 5.75 Å². The normalized spacial score (nSPS) is 15.8. The zero-order valence-electron chi connectivity index (χ0n) is 15.6. The van der Waals surface area contributed by atoms with Crippen LogP contribution in [0.15, 0.2) is 41.4 Å². The molecule has 0 aromatic heterocycles. The molecule has 0 radical (unpaired) electrons. The fraction of sp³-hybridized carbons (Fsp3) is 0.286. The highest BCUT2D eigenvalue weighted by Gasteiger charge is 2.29. The van der Waals surface area contributed by atoms with Gasteiger partial charge >= 0.3 is 0 Å². The van der Waals surface area contributed by atoms with Crippen LogP contribution in [-0.2, 0) is 0 Å². The van der Waals surface area contributed by atoms with E-state index in [9.17, 15) is 0 Å². The van der Waals surface area contributed by atoms with E-state index in [1.807, 2.05) is 12.1 Å². The van der Waals surface area contributed by atoms with Crippen molar-refractivity contribution in [2.45, 2.75) is 26.3 Å². The number of hydrogen-bond donors (Lipinski definition) is 0. The Morgan fingerprint density at radius 1 is 1.12 bits per heavy atom. The first-order valence-electron chi connectivity index (χ1n) is 8.38. The number of halogens is 2. The molecule has 0 unspecified atom stereocenters. The largest absolute Gasteiger partial charge is 0.495 e. The van der Waals surface area contributed by atoms with Crippen LogP contribution in [0, 0.1) is 0 Å². The number of benzene rings is 2. The van der Waals surface area contributed by atoms with Gasteiger partial charge in [0, 0.05) is 30.1 Å². The van der Waals surface area contributed by atoms with Crippen molar-refractivity contribution in [1.29, 1.82) is 0 Å². The fourth-order valence-corrected chi connectivity index (χ4v) is 3.62. The Bertz CT molecular complexity index is 916. The molecule has 0 amide bonds. The van der Waals surface area contributed by atoms with E-state index in [1.165, 1.54) is 11.1 Å². The molecule has 3 rings (SSSR count). The van der Waals surface area contributed by atoms with Crippen LogP contribution in [0.25, 0.3) is 5.57 Å². The highest BCUT2D eigenvalue weighted by Crippen LogP contribution is 2.40. The molecule has 0 saturated heterocycles. The smallest absolute Gasteiger partial charge is 0.137 e. The third-order valence-electron chi connectivity index (χ3n) is 4.82. The van der Waals surface area contributed by atoms with Crippen LogP contribution in [-0.4, -0.2) is 25.9 Å². The second-order valence-electron chi connectivity index (χ2n) is 7.01. The lowest BCUT2D eigenvalue weighted by Gasteiger charge is -2.40. The number of likely N-dealkylation sites (N-methyl/N-ethyl adjacent to an activating group) is 1. The van der Waals surface area contributed by atoms with Crippen molar-refractivity contribution in [2.75, 3.05) is 19.1 Å². The monoisotopic (exact) mass is 388 g/mol. The molecule has 2 aromatic carbocycles. The van der Waals surface area contributed by atoms with Gasteiger partial charge in [0.15, 0.2) is 0 Å². The standard InChI is InChI=1S/C21H22Cl2N2O/c1-13-11-21(2,3)25(4)19-10-17(22)14(8-16(13)19)12-24-15-6-7-20(26-5)18(23)9-15/h6-12H,1-5H3. The van der Waals surface area contributed by atoms with Crippen LogP contribution in [0.1, 0.15) is 31.9 Å². The van der Waals surface area contributed by atoms with Gasteiger partial charge in [-0.25, -0.2) is 0 Å². The molecule has 0 saturated carbocycles. The molecular weight excluding hydrogens is 367 g/mol. The summed E-state index contributed by atoms with van der Waals surface area (Å²) in [5.41, 5.74) is 5.11. The fourth-order valence-electron chi connectivity index (χ4n) is 3.17. The number of anilines is 1. The Morgan fingerprint density at radius 3 is 2.50 bits per heavy atom. The lowest BCUT2D eigenvalue weighted by atomic mass is 9.88. The van der Waals surface area contributed by atoms with E-state index in [4.69, 9.17) is 27.9 Å². The van der Waals surface area contributed by atoms with E-state index in [0.717, 1.165) is 16.9 Å². The van der Waals surface area contributed by atoms with Crippen molar-refractivity contribution in [3.05, 3.63) is 57.6 Å². The summed E-state index contributed by atoms with van der Waals surface area (Å²) >= 11 is 12.7. The van der Waals surface area contributed by atoms with Crippen molar-refractivity contribution >= 4 is 46.4 Å². The average molecular weight is 389 g/mol. The van der Waals surface area contributed by atoms with Crippen molar-refractivity contribution in [3.8, 4) is 5.75 Å². The number of ether oxygens (including phenoxy) is 1. The summed E-state index contributed by atoms with van der Waals surface area (Å²) in [5.74, 6) is 0.629. The second-order valence-corrected chi connectivity index (χ2v) is 7.82. The number of allylic oxidation sites excluding steroid dienone is 1. The van der Waals surface area contributed by atoms with Crippen LogP contribution < -0.4 is 9.64 Å². The molecule has 0 bridgehead atoms. The van der Waals surface area contributed by atoms with Crippen LogP contribution in [0.4, 0.5) is 11.4 Å². The predicted octanol–water partition coefficient (Wildman–Crippen LogP) is 6.38. The van der Waals surface area contributed by atoms with Crippen molar-refractivity contribution in [2.24, 2.45) is 4.99 Å². The van der Waals surface area contributed by atoms with Crippen LogP contribution in [0.2, 0.25) is 10.0 Å². The SMILES string of the molecule is COc1ccc(N=Cc2cc3c(cc2Cl)N(C)C(C)(C)C=C3C)cc1Cl. The molecule has 0 N–H and O–H groups in total. The first-order chi connectivity index (χ1) is 12.2. The summed E-state index contributed by atoms with van der Waals surface area (Å²) in [5, 5.41) is 1.20. The summed E-state index contributed by atoms with van der Waals surface area (Å²) in [6.45, 7) is 6.51. The molecule has 0 spiro atoms. The van der Waals surface area contributed by atoms with Gasteiger partial charge in [-0.3, -0.25) is 4.99 Å². The van der Waals surface area contributed by atoms with Gasteiger partial charge in [0.25, 0.3) is 0 Å². The minimum absolute atomic E-state index is 0.0458. The third-order valence-corrected chi connectivity index (χ3v) is 5.45. The summed E-state index contributed by atoms with van der Waals surface area (Å²) in [6.07, 6.45) is 4.04. The molecule has 1 aliphatic rings. The minimum atomic E-state index is -0.0458. The maximum Gasteiger partial charge on any atom is 0.137 e. The van der Waals surface area contributed by atoms with Crippen LogP contribution >= 0.6 is 23.2 Å². The quantitative estimate of drug-likeness (QED) is 0.569. The molecule has 26 heavy (non-hydrogen) atoms. The van der Waals surface area contributed by atoms with Crippen molar-refractivity contribution < 1.29 is 4.74 Å². The van der Waals surface area contributed by atoms with E-state index < -0.39 is 0 Å². The molecule has 0 atom stereocenters. The highest BCUT2D eigenvalue weighted by molar-refractivity contribution is 6.33. The van der Waals surface area contributed by atoms with Gasteiger partial charge in [0.05, 0.1) is 28.4 Å². The molecule has 136 valence electrons. The van der Waals surface area contributed by atoms with Crippen LogP contribution in [0.3, 0.4) is 0 Å². The van der Waals surface area contributed by atoms with E-state index in [0.29, 0.717) is 15.8 Å². The van der Waals surface area contributed by atoms with Gasteiger partial charge in [0.2, 0.25) is 0 Å². The topological polar surface area (TPSA) is 24.8 Å². The maximum atomic E-state index is 6.53. The van der Waals surface area contributed by atoms with Gasteiger partial charge in [-0.15, -0.1) is 0 Å². The Hall–Kier alpha value is -1.97. The molecular formula is C21H22Cl2N2O. The molecule has 0 aliphatic carbocycles. The Kier molecular flexibility index (Phi) is 5.05. The lowest BCUT2D eigenvalue weighted by Crippen LogP contribution is -2.42. The van der Waals surface area contributed by atoms with Crippen LogP contribution in [0.5, 0.6) is 5.75 Å². The number of aliphatic imine (C=N–C) groups is 1. The van der Waals surface area contributed by atoms with Gasteiger partial charge in [-0.05, 0) is 56.7 Å². The molecule has 1 heterocycles. The predicted molar refractivity (Wildman–Crippen MR) is 113 cm³/mol. The molecule has 5 heteroatoms. The number of fused-ring (bicyclic) bond motifs is 1. The second kappa shape index (κ2) is 6.98. The molecule has 0 fully saturated rings. The first kappa shape index (κ1) is 18.8. The van der Waals surface area contributed by atoms with Gasteiger partial charge in [-0.2, -0.15) is 0 Å². The number of rotatable bonds is 3. The molecule has 1 aliphatic heterocycles.